The molecule has 0 radical (unpaired) electrons. The molecule has 0 spiro atoms. The molecule has 0 atom stereocenters. The van der Waals surface area contributed by atoms with Gasteiger partial charge in [0.1, 0.15) is 21.1 Å². The lowest BCUT2D eigenvalue weighted by molar-refractivity contribution is -0.117. The molecular weight excluding hydrogens is 829 g/mol. The smallest absolute Gasteiger partial charge is 0.296 e. The van der Waals surface area contributed by atoms with Gasteiger partial charge in [-0.2, -0.15) is 16.8 Å². The topological polar surface area (TPSA) is 204 Å². The van der Waals surface area contributed by atoms with Crippen LogP contribution in [0.4, 0.5) is 28.4 Å². The van der Waals surface area contributed by atoms with Crippen molar-refractivity contribution in [1.82, 2.24) is 0 Å². The predicted octanol–water partition coefficient (Wildman–Crippen LogP) is 10.5. The molecule has 4 aromatic carbocycles. The number of carbonyl (C=O) groups is 2. The Hall–Kier alpha value is -5.87. The second-order valence-corrected chi connectivity index (χ2v) is 19.5. The average Bonchev–Trinajstić information content (AvgIpc) is 3.15. The van der Waals surface area contributed by atoms with Gasteiger partial charge in [-0.25, -0.2) is 4.99 Å². The minimum absolute atomic E-state index is 0.0477. The molecule has 326 valence electrons. The number of benzene rings is 5. The second kappa shape index (κ2) is 17.5. The highest BCUT2D eigenvalue weighted by Gasteiger charge is 2.27. The Kier molecular flexibility index (Phi) is 12.9. The van der Waals surface area contributed by atoms with Crippen molar-refractivity contribution >= 4 is 71.5 Å². The monoisotopic (exact) mass is 880 g/mol. The summed E-state index contributed by atoms with van der Waals surface area (Å²) in [7, 11) is -9.80. The molecule has 0 saturated carbocycles. The number of rotatable bonds is 12. The minimum atomic E-state index is -4.99. The lowest BCUT2D eigenvalue weighted by Gasteiger charge is -2.21. The molecule has 2 amide bonds. The number of amides is 2. The number of hydrogen-bond donors (Lipinski definition) is 5. The Bertz CT molecular complexity index is 3060. The van der Waals surface area contributed by atoms with E-state index in [9.17, 15) is 35.5 Å². The highest BCUT2D eigenvalue weighted by molar-refractivity contribution is 7.86. The summed E-state index contributed by atoms with van der Waals surface area (Å²) in [6, 6.07) is 17.2. The summed E-state index contributed by atoms with van der Waals surface area (Å²) in [6.07, 6.45) is 0.649. The number of nitrogens with one attached hydrogen (secondary N) is 3. The van der Waals surface area contributed by atoms with Crippen LogP contribution < -0.4 is 21.3 Å². The van der Waals surface area contributed by atoms with Crippen LogP contribution in [0.25, 0.3) is 33.4 Å². The van der Waals surface area contributed by atoms with Crippen LogP contribution in [0.1, 0.15) is 73.9 Å². The van der Waals surface area contributed by atoms with Gasteiger partial charge < -0.3 is 20.4 Å². The van der Waals surface area contributed by atoms with E-state index in [0.717, 1.165) is 27.9 Å². The van der Waals surface area contributed by atoms with Crippen molar-refractivity contribution in [2.45, 2.75) is 91.9 Å². The van der Waals surface area contributed by atoms with Crippen LogP contribution in [0.3, 0.4) is 0 Å². The maximum Gasteiger partial charge on any atom is 0.296 e. The maximum absolute atomic E-state index is 13.2. The number of hydrogen-bond acceptors (Lipinski definition) is 9. The SMILES string of the molecule is Cc1cc(C)c(NC(=O)CC(C)C)c(C)c1N=c1cc2oc3cc(Nc4c(C)cc(C)c(NC(=O)CC(C)C)c4C)ccc3c(-c3ccccc3S(=O)(=O)O)c-2cc1S(=O)(=O)O. The molecule has 5 N–H and O–H groups in total. The van der Waals surface area contributed by atoms with Crippen molar-refractivity contribution in [3.05, 3.63) is 105 Å². The third-order valence-electron chi connectivity index (χ3n) is 10.6. The van der Waals surface area contributed by atoms with E-state index in [1.165, 1.54) is 30.3 Å². The lowest BCUT2D eigenvalue weighted by atomic mass is 9.93. The normalized spacial score (nSPS) is 12.5. The van der Waals surface area contributed by atoms with Gasteiger partial charge in [-0.1, -0.05) is 58.0 Å². The molecule has 1 aliphatic heterocycles. The zero-order valence-corrected chi connectivity index (χ0v) is 38.1. The summed E-state index contributed by atoms with van der Waals surface area (Å²) in [5.74, 6) is 0.0707. The van der Waals surface area contributed by atoms with Crippen LogP contribution in [0.15, 0.2) is 85.9 Å². The van der Waals surface area contributed by atoms with E-state index in [0.29, 0.717) is 45.7 Å². The minimum Gasteiger partial charge on any atom is -0.456 e. The molecule has 4 aromatic rings. The number of nitrogens with zero attached hydrogens (tertiary/aromatic N) is 1. The first kappa shape index (κ1) is 45.7. The van der Waals surface area contributed by atoms with Gasteiger partial charge in [-0.15, -0.1) is 0 Å². The van der Waals surface area contributed by atoms with Gasteiger partial charge in [0.25, 0.3) is 20.2 Å². The zero-order valence-electron chi connectivity index (χ0n) is 36.4. The van der Waals surface area contributed by atoms with Crippen molar-refractivity contribution in [3.63, 3.8) is 0 Å². The standard InChI is InChI=1S/C47H52N4O9S2/c1-24(2)17-41(52)50-46-28(7)19-26(5)44(30(46)9)48-32-15-16-33-37(21-32)60-38-23-36(49-45-27(6)20-29(8)47(31(45)10)51-42(53)18-25(3)4)40(62(57,58)59)22-35(38)43(33)34-13-11-12-14-39(34)61(54,55)56/h11-16,19-25,48H,17-18H2,1-10H3,(H,50,52)(H,51,53)(H,54,55,56)(H,57,58,59). The van der Waals surface area contributed by atoms with Crippen molar-refractivity contribution in [2.24, 2.45) is 16.8 Å². The van der Waals surface area contributed by atoms with Gasteiger partial charge in [0.05, 0.1) is 11.0 Å². The van der Waals surface area contributed by atoms with Crippen LogP contribution in [0.5, 0.6) is 0 Å². The number of aryl methyl sites for hydroxylation is 4. The van der Waals surface area contributed by atoms with Crippen LogP contribution in [0, 0.1) is 53.4 Å². The summed E-state index contributed by atoms with van der Waals surface area (Å²) in [5, 5.41) is 9.68. The van der Waals surface area contributed by atoms with Crippen molar-refractivity contribution in [1.29, 1.82) is 0 Å². The molecule has 13 nitrogen and oxygen atoms in total. The van der Waals surface area contributed by atoms with Crippen molar-refractivity contribution in [3.8, 4) is 22.5 Å². The van der Waals surface area contributed by atoms with Crippen molar-refractivity contribution < 1.29 is 39.9 Å². The summed E-state index contributed by atoms with van der Waals surface area (Å²) in [4.78, 5) is 29.5. The zero-order chi connectivity index (χ0) is 45.6. The highest BCUT2D eigenvalue weighted by Crippen LogP contribution is 2.44. The molecule has 0 aromatic heterocycles. The summed E-state index contributed by atoms with van der Waals surface area (Å²) in [5.41, 5.74) is 8.13. The van der Waals surface area contributed by atoms with E-state index in [1.54, 1.807) is 38.1 Å². The molecule has 15 heteroatoms. The van der Waals surface area contributed by atoms with Crippen LogP contribution in [0.2, 0.25) is 0 Å². The summed E-state index contributed by atoms with van der Waals surface area (Å²) >= 11 is 0. The average molecular weight is 881 g/mol. The lowest BCUT2D eigenvalue weighted by Crippen LogP contribution is -2.17. The van der Waals surface area contributed by atoms with Crippen LogP contribution in [-0.2, 0) is 29.8 Å². The number of carbonyl (C=O) groups excluding carboxylic acids is 2. The Labute approximate surface area is 362 Å². The third-order valence-corrected chi connectivity index (χ3v) is 12.4. The first-order chi connectivity index (χ1) is 28.9. The number of anilines is 4. The van der Waals surface area contributed by atoms with Gasteiger partial charge in [-0.3, -0.25) is 18.7 Å². The molecule has 0 bridgehead atoms. The first-order valence-corrected chi connectivity index (χ1v) is 23.0. The van der Waals surface area contributed by atoms with Crippen molar-refractivity contribution in [2.75, 3.05) is 16.0 Å². The Balaban J connectivity index is 1.64. The maximum atomic E-state index is 13.2. The fraction of sp³-hybridized carbons (Fsp3) is 0.298. The first-order valence-electron chi connectivity index (χ1n) is 20.2. The Morgan fingerprint density at radius 2 is 1.19 bits per heavy atom. The number of fused-ring (bicyclic) bond motifs is 2. The van der Waals surface area contributed by atoms with E-state index < -0.39 is 30.0 Å². The van der Waals surface area contributed by atoms with Gasteiger partial charge in [-0.05, 0) is 111 Å². The molecule has 1 aliphatic carbocycles. The summed E-state index contributed by atoms with van der Waals surface area (Å²) in [6.45, 7) is 19.0. The van der Waals surface area contributed by atoms with Gasteiger partial charge in [0.15, 0.2) is 0 Å². The second-order valence-electron chi connectivity index (χ2n) is 16.7. The fourth-order valence-corrected chi connectivity index (χ4v) is 9.30. The van der Waals surface area contributed by atoms with Gasteiger partial charge >= 0.3 is 0 Å². The van der Waals surface area contributed by atoms with Gasteiger partial charge in [0.2, 0.25) is 11.8 Å². The highest BCUT2D eigenvalue weighted by atomic mass is 32.2. The quantitative estimate of drug-likeness (QED) is 0.0581. The Morgan fingerprint density at radius 3 is 1.77 bits per heavy atom. The fourth-order valence-electron chi connectivity index (χ4n) is 7.96. The van der Waals surface area contributed by atoms with E-state index in [4.69, 9.17) is 9.41 Å². The van der Waals surface area contributed by atoms with Gasteiger partial charge in [0, 0.05) is 69.8 Å². The molecule has 2 aliphatic rings. The van der Waals surface area contributed by atoms with E-state index in [1.807, 2.05) is 67.5 Å². The third kappa shape index (κ3) is 9.60. The van der Waals surface area contributed by atoms with E-state index in [2.05, 4.69) is 16.0 Å². The summed E-state index contributed by atoms with van der Waals surface area (Å²) < 4.78 is 79.8. The molecule has 6 rings (SSSR count). The molecular formula is C47H52N4O9S2. The molecule has 62 heavy (non-hydrogen) atoms. The molecule has 0 fully saturated rings. The van der Waals surface area contributed by atoms with Crippen LogP contribution >= 0.6 is 0 Å². The Morgan fingerprint density at radius 1 is 0.645 bits per heavy atom. The van der Waals surface area contributed by atoms with E-state index >= 15 is 0 Å². The molecule has 1 heterocycles. The van der Waals surface area contributed by atoms with E-state index in [-0.39, 0.29) is 63.5 Å². The molecule has 0 unspecified atom stereocenters. The predicted molar refractivity (Wildman–Crippen MR) is 244 cm³/mol. The van der Waals surface area contributed by atoms with Crippen LogP contribution in [-0.4, -0.2) is 37.8 Å². The largest absolute Gasteiger partial charge is 0.456 e. The molecule has 0 saturated heterocycles.